The molecule has 1 aliphatic heterocycles. The van der Waals surface area contributed by atoms with E-state index >= 15 is 0 Å². The van der Waals surface area contributed by atoms with Crippen LogP contribution in [0.3, 0.4) is 0 Å². The second-order valence-electron chi connectivity index (χ2n) is 11.5. The number of hydrogen-bond donors (Lipinski definition) is 0. The van der Waals surface area contributed by atoms with Crippen LogP contribution >= 0.6 is 0 Å². The molecule has 0 unspecified atom stereocenters. The Balaban J connectivity index is 1.63. The van der Waals surface area contributed by atoms with Gasteiger partial charge in [0.2, 0.25) is 5.95 Å². The first-order chi connectivity index (χ1) is 22.2. The fraction of sp³-hybridized carbons (Fsp3) is 0.353. The molecule has 250 valence electrons. The van der Waals surface area contributed by atoms with E-state index in [1.807, 2.05) is 30.9 Å². The van der Waals surface area contributed by atoms with Gasteiger partial charge in [0.25, 0.3) is 0 Å². The number of halogens is 7. The minimum absolute atomic E-state index is 0.0334. The summed E-state index contributed by atoms with van der Waals surface area (Å²) >= 11 is 0. The van der Waals surface area contributed by atoms with Crippen LogP contribution in [0.1, 0.15) is 47.6 Å². The Hall–Kier alpha value is -4.39. The number of alkyl halides is 6. The van der Waals surface area contributed by atoms with Crippen LogP contribution in [0.15, 0.2) is 67.0 Å². The van der Waals surface area contributed by atoms with Crippen LogP contribution in [0.5, 0.6) is 5.75 Å². The summed E-state index contributed by atoms with van der Waals surface area (Å²) in [5, 5.41) is 0. The summed E-state index contributed by atoms with van der Waals surface area (Å²) in [6, 6.07) is 10.9. The number of rotatable bonds is 9. The molecule has 1 aromatic heterocycles. The van der Waals surface area contributed by atoms with Crippen LogP contribution in [-0.2, 0) is 30.2 Å². The van der Waals surface area contributed by atoms with Gasteiger partial charge in [-0.1, -0.05) is 26.0 Å². The molecule has 0 saturated carbocycles. The molecule has 0 amide bonds. The van der Waals surface area contributed by atoms with E-state index in [2.05, 4.69) is 9.97 Å². The van der Waals surface area contributed by atoms with Crippen LogP contribution in [0.4, 0.5) is 42.4 Å². The predicted octanol–water partition coefficient (Wildman–Crippen LogP) is 8.50. The number of ether oxygens (including phenoxy) is 2. The third kappa shape index (κ3) is 8.13. The molecule has 0 radical (unpaired) electrons. The van der Waals surface area contributed by atoms with E-state index < -0.39 is 29.3 Å². The number of hydrogen-bond acceptors (Lipinski definition) is 6. The predicted molar refractivity (Wildman–Crippen MR) is 164 cm³/mol. The maximum Gasteiger partial charge on any atom is 0.416 e. The molecule has 47 heavy (non-hydrogen) atoms. The minimum Gasteiger partial charge on any atom is -0.496 e. The smallest absolute Gasteiger partial charge is 0.416 e. The fourth-order valence-electron chi connectivity index (χ4n) is 5.45. The lowest BCUT2D eigenvalue weighted by atomic mass is 9.92. The average Bonchev–Trinajstić information content (AvgIpc) is 3.03. The van der Waals surface area contributed by atoms with Crippen molar-refractivity contribution < 1.29 is 40.2 Å². The van der Waals surface area contributed by atoms with Gasteiger partial charge in [-0.15, -0.1) is 0 Å². The zero-order valence-electron chi connectivity index (χ0n) is 25.9. The van der Waals surface area contributed by atoms with Crippen molar-refractivity contribution in [2.75, 3.05) is 43.2 Å². The third-order valence-corrected chi connectivity index (χ3v) is 7.92. The average molecular weight is 663 g/mol. The Bertz CT molecular complexity index is 1690. The Labute approximate surface area is 267 Å². The first kappa shape index (κ1) is 34.0. The lowest BCUT2D eigenvalue weighted by Crippen LogP contribution is -2.36. The van der Waals surface area contributed by atoms with Crippen molar-refractivity contribution in [1.82, 2.24) is 9.97 Å². The molecule has 0 bridgehead atoms. The summed E-state index contributed by atoms with van der Waals surface area (Å²) in [5.74, 6) is -0.546. The second-order valence-corrected chi connectivity index (χ2v) is 11.5. The number of benzene rings is 3. The Morgan fingerprint density at radius 2 is 1.51 bits per heavy atom. The van der Waals surface area contributed by atoms with Gasteiger partial charge < -0.3 is 19.3 Å². The number of anilines is 2. The van der Waals surface area contributed by atoms with Crippen molar-refractivity contribution in [2.45, 2.75) is 45.2 Å². The van der Waals surface area contributed by atoms with Crippen molar-refractivity contribution in [1.29, 1.82) is 0 Å². The molecule has 6 nitrogen and oxygen atoms in total. The highest BCUT2D eigenvalue weighted by molar-refractivity contribution is 5.75. The summed E-state index contributed by atoms with van der Waals surface area (Å²) in [7, 11) is 1.45. The van der Waals surface area contributed by atoms with Crippen LogP contribution in [0, 0.1) is 5.82 Å². The molecule has 0 spiro atoms. The lowest BCUT2D eigenvalue weighted by Gasteiger charge is -2.29. The second kappa shape index (κ2) is 13.8. The molecule has 0 N–H and O–H groups in total. The van der Waals surface area contributed by atoms with Gasteiger partial charge in [0, 0.05) is 31.7 Å². The zero-order chi connectivity index (χ0) is 33.9. The van der Waals surface area contributed by atoms with Crippen molar-refractivity contribution in [3.8, 4) is 16.9 Å². The standard InChI is InChI=1S/C34H33F7N4O2/c1-21(2)23-4-7-31(46-3)30(15-23)29-6-5-25(33(36,37)38)14-24(29)20-45(19-22-12-26(34(39,40)41)16-27(35)13-22)32-42-17-28(18-43-32)44-8-10-47-11-9-44/h4-7,12-18,21H,8-11,19-20H2,1-3H3. The van der Waals surface area contributed by atoms with Gasteiger partial charge in [0.05, 0.1) is 49.5 Å². The Morgan fingerprint density at radius 3 is 2.13 bits per heavy atom. The first-order valence-corrected chi connectivity index (χ1v) is 14.9. The monoisotopic (exact) mass is 662 g/mol. The van der Waals surface area contributed by atoms with Gasteiger partial charge in [0.1, 0.15) is 11.6 Å². The van der Waals surface area contributed by atoms with E-state index in [0.717, 1.165) is 29.8 Å². The number of morpholine rings is 1. The molecule has 1 fully saturated rings. The van der Waals surface area contributed by atoms with Crippen molar-refractivity contribution >= 4 is 11.6 Å². The lowest BCUT2D eigenvalue weighted by molar-refractivity contribution is -0.138. The number of methoxy groups -OCH3 is 1. The SMILES string of the molecule is COc1ccc(C(C)C)cc1-c1ccc(C(F)(F)F)cc1CN(Cc1cc(F)cc(C(F)(F)F)c1)c1ncc(N2CCOCC2)cn1. The number of nitrogens with zero attached hydrogens (tertiary/aromatic N) is 4. The van der Waals surface area contributed by atoms with Gasteiger partial charge in [0.15, 0.2) is 0 Å². The van der Waals surface area contributed by atoms with Gasteiger partial charge in [-0.3, -0.25) is 0 Å². The molecule has 0 atom stereocenters. The molecule has 2 heterocycles. The molecule has 0 aliphatic carbocycles. The van der Waals surface area contributed by atoms with E-state index in [0.29, 0.717) is 54.9 Å². The zero-order valence-corrected chi connectivity index (χ0v) is 25.9. The normalized spacial score (nSPS) is 14.1. The highest BCUT2D eigenvalue weighted by Gasteiger charge is 2.33. The van der Waals surface area contributed by atoms with E-state index in [1.54, 1.807) is 6.07 Å². The van der Waals surface area contributed by atoms with E-state index in [1.165, 1.54) is 30.5 Å². The van der Waals surface area contributed by atoms with E-state index in [4.69, 9.17) is 9.47 Å². The van der Waals surface area contributed by atoms with Gasteiger partial charge in [-0.2, -0.15) is 26.3 Å². The van der Waals surface area contributed by atoms with Gasteiger partial charge in [-0.05, 0) is 70.6 Å². The van der Waals surface area contributed by atoms with Crippen LogP contribution in [0.2, 0.25) is 0 Å². The van der Waals surface area contributed by atoms with Crippen LogP contribution in [0.25, 0.3) is 11.1 Å². The summed E-state index contributed by atoms with van der Waals surface area (Å²) in [6.45, 7) is 5.57. The summed E-state index contributed by atoms with van der Waals surface area (Å²) < 4.78 is 108. The third-order valence-electron chi connectivity index (χ3n) is 7.92. The Morgan fingerprint density at radius 1 is 0.830 bits per heavy atom. The fourth-order valence-corrected chi connectivity index (χ4v) is 5.45. The highest BCUT2D eigenvalue weighted by atomic mass is 19.4. The van der Waals surface area contributed by atoms with E-state index in [-0.39, 0.29) is 36.1 Å². The largest absolute Gasteiger partial charge is 0.496 e. The molecule has 13 heteroatoms. The number of aromatic nitrogens is 2. The topological polar surface area (TPSA) is 50.7 Å². The quantitative estimate of drug-likeness (QED) is 0.168. The minimum atomic E-state index is -4.82. The summed E-state index contributed by atoms with van der Waals surface area (Å²) in [4.78, 5) is 12.3. The highest BCUT2D eigenvalue weighted by Crippen LogP contribution is 2.39. The van der Waals surface area contributed by atoms with Crippen molar-refractivity contribution in [3.63, 3.8) is 0 Å². The van der Waals surface area contributed by atoms with E-state index in [9.17, 15) is 30.7 Å². The molecule has 3 aromatic carbocycles. The van der Waals surface area contributed by atoms with Gasteiger partial charge >= 0.3 is 12.4 Å². The molecule has 1 aliphatic rings. The summed E-state index contributed by atoms with van der Waals surface area (Å²) in [6.07, 6.45) is -6.42. The van der Waals surface area contributed by atoms with Gasteiger partial charge in [-0.25, -0.2) is 14.4 Å². The summed E-state index contributed by atoms with van der Waals surface area (Å²) in [5.41, 5.74) is 0.578. The Kier molecular flexibility index (Phi) is 9.94. The molecule has 5 rings (SSSR count). The van der Waals surface area contributed by atoms with Crippen molar-refractivity contribution in [2.24, 2.45) is 0 Å². The maximum absolute atomic E-state index is 14.4. The van der Waals surface area contributed by atoms with Crippen LogP contribution < -0.4 is 14.5 Å². The molecular formula is C34H33F7N4O2. The molecule has 1 saturated heterocycles. The first-order valence-electron chi connectivity index (χ1n) is 14.9. The maximum atomic E-state index is 14.4. The molecular weight excluding hydrogens is 629 g/mol. The van der Waals surface area contributed by atoms with Crippen LogP contribution in [-0.4, -0.2) is 43.4 Å². The van der Waals surface area contributed by atoms with Crippen molar-refractivity contribution in [3.05, 3.63) is 101 Å². The molecule has 4 aromatic rings.